The second kappa shape index (κ2) is 8.90. The monoisotopic (exact) mass is 387 g/mol. The molecule has 0 aliphatic carbocycles. The van der Waals surface area contributed by atoms with Gasteiger partial charge in [-0.2, -0.15) is 0 Å². The summed E-state index contributed by atoms with van der Waals surface area (Å²) in [7, 11) is 3.51. The molecule has 7 nitrogen and oxygen atoms in total. The summed E-state index contributed by atoms with van der Waals surface area (Å²) in [5, 5.41) is 8.74. The van der Waals surface area contributed by atoms with Crippen LogP contribution in [0.1, 0.15) is 49.4 Å². The van der Waals surface area contributed by atoms with Crippen LogP contribution in [0.4, 0.5) is 0 Å². The molecule has 0 aromatic carbocycles. The molecule has 3 rings (SSSR count). The molecule has 154 valence electrons. The van der Waals surface area contributed by atoms with Gasteiger partial charge in [0.15, 0.2) is 5.65 Å². The molecule has 0 spiro atoms. The zero-order valence-electron chi connectivity index (χ0n) is 17.8. The number of fused-ring (bicyclic) bond motifs is 1. The number of hydrogen-bond donors (Lipinski definition) is 1. The lowest BCUT2D eigenvalue weighted by molar-refractivity contribution is -0.134. The molecular formula is C21H33N5O2. The van der Waals surface area contributed by atoms with E-state index >= 15 is 0 Å². The van der Waals surface area contributed by atoms with Crippen LogP contribution in [0.15, 0.2) is 0 Å². The minimum absolute atomic E-state index is 0.255. The smallest absolute Gasteiger partial charge is 0.242 e. The molecule has 28 heavy (non-hydrogen) atoms. The fourth-order valence-electron chi connectivity index (χ4n) is 4.35. The largest absolute Gasteiger partial charge is 0.479 e. The number of piperidine rings is 1. The van der Waals surface area contributed by atoms with Gasteiger partial charge in [-0.1, -0.05) is 6.92 Å². The SMILES string of the molecule is CCCN(C(=O)CCc1c(C)nc2c(c(OC)nn2C)c1C)C1CCNCC1. The summed E-state index contributed by atoms with van der Waals surface area (Å²) >= 11 is 0. The summed E-state index contributed by atoms with van der Waals surface area (Å²) in [6.45, 7) is 9.08. The van der Waals surface area contributed by atoms with E-state index in [0.717, 1.165) is 66.8 Å². The third-order valence-corrected chi connectivity index (χ3v) is 5.84. The number of aryl methyl sites for hydroxylation is 3. The van der Waals surface area contributed by atoms with Gasteiger partial charge in [-0.3, -0.25) is 4.79 Å². The third-order valence-electron chi connectivity index (χ3n) is 5.84. The van der Waals surface area contributed by atoms with Gasteiger partial charge in [0.2, 0.25) is 11.8 Å². The van der Waals surface area contributed by atoms with Crippen LogP contribution in [0, 0.1) is 13.8 Å². The molecule has 1 aliphatic rings. The van der Waals surface area contributed by atoms with Crippen LogP contribution in [-0.4, -0.2) is 58.4 Å². The minimum Gasteiger partial charge on any atom is -0.479 e. The highest BCUT2D eigenvalue weighted by molar-refractivity contribution is 5.86. The maximum absolute atomic E-state index is 13.1. The van der Waals surface area contributed by atoms with E-state index in [0.29, 0.717) is 24.8 Å². The second-order valence-corrected chi connectivity index (χ2v) is 7.70. The average Bonchev–Trinajstić information content (AvgIpc) is 3.02. The molecule has 1 saturated heterocycles. The molecule has 2 aromatic rings. The minimum atomic E-state index is 0.255. The fourth-order valence-corrected chi connectivity index (χ4v) is 4.35. The number of nitrogens with zero attached hydrogens (tertiary/aromatic N) is 4. The summed E-state index contributed by atoms with van der Waals surface area (Å²) in [6.07, 6.45) is 4.30. The van der Waals surface area contributed by atoms with E-state index in [9.17, 15) is 4.79 Å². The van der Waals surface area contributed by atoms with Crippen molar-refractivity contribution in [3.8, 4) is 5.88 Å². The first-order chi connectivity index (χ1) is 13.5. The van der Waals surface area contributed by atoms with E-state index in [-0.39, 0.29) is 5.91 Å². The first kappa shape index (κ1) is 20.6. The quantitative estimate of drug-likeness (QED) is 0.790. The normalized spacial score (nSPS) is 15.2. The predicted octanol–water partition coefficient (Wildman–Crippen LogP) is 2.52. The Hall–Kier alpha value is -2.15. The molecule has 2 aromatic heterocycles. The van der Waals surface area contributed by atoms with E-state index in [1.54, 1.807) is 11.8 Å². The standard InChI is InChI=1S/C21H33N5O2/c1-6-13-26(16-9-11-22-12-10-16)18(27)8-7-17-14(2)19-20(23-15(17)3)25(4)24-21(19)28-5/h16,22H,6-13H2,1-5H3. The Balaban J connectivity index is 1.80. The van der Waals surface area contributed by atoms with Crippen molar-refractivity contribution in [3.05, 3.63) is 16.8 Å². The van der Waals surface area contributed by atoms with Crippen molar-refractivity contribution in [2.45, 2.75) is 58.9 Å². The Morgan fingerprint density at radius 2 is 2.04 bits per heavy atom. The zero-order valence-corrected chi connectivity index (χ0v) is 17.8. The van der Waals surface area contributed by atoms with Crippen LogP contribution in [0.5, 0.6) is 5.88 Å². The molecule has 7 heteroatoms. The lowest BCUT2D eigenvalue weighted by Crippen LogP contribution is -2.46. The van der Waals surface area contributed by atoms with Gasteiger partial charge in [0.05, 0.1) is 12.5 Å². The summed E-state index contributed by atoms with van der Waals surface area (Å²) in [4.78, 5) is 19.9. The maximum Gasteiger partial charge on any atom is 0.242 e. The number of rotatable bonds is 7. The van der Waals surface area contributed by atoms with Gasteiger partial charge in [0.25, 0.3) is 0 Å². The van der Waals surface area contributed by atoms with Crippen molar-refractivity contribution in [1.82, 2.24) is 25.0 Å². The topological polar surface area (TPSA) is 72.3 Å². The lowest BCUT2D eigenvalue weighted by atomic mass is 9.98. The number of hydrogen-bond acceptors (Lipinski definition) is 5. The van der Waals surface area contributed by atoms with Crippen LogP contribution in [-0.2, 0) is 18.3 Å². The van der Waals surface area contributed by atoms with E-state index in [1.165, 1.54) is 0 Å². The molecular weight excluding hydrogens is 354 g/mol. The van der Waals surface area contributed by atoms with Crippen molar-refractivity contribution in [2.75, 3.05) is 26.7 Å². The van der Waals surface area contributed by atoms with Crippen LogP contribution in [0.3, 0.4) is 0 Å². The third kappa shape index (κ3) is 3.99. The van der Waals surface area contributed by atoms with Crippen LogP contribution in [0.2, 0.25) is 0 Å². The van der Waals surface area contributed by atoms with E-state index < -0.39 is 0 Å². The second-order valence-electron chi connectivity index (χ2n) is 7.70. The summed E-state index contributed by atoms with van der Waals surface area (Å²) in [5.41, 5.74) is 4.04. The Morgan fingerprint density at radius 3 is 2.68 bits per heavy atom. The molecule has 0 unspecified atom stereocenters. The molecule has 0 bridgehead atoms. The molecule has 1 aliphatic heterocycles. The Labute approximate surface area is 167 Å². The number of nitrogens with one attached hydrogen (secondary N) is 1. The van der Waals surface area contributed by atoms with E-state index in [1.807, 2.05) is 14.0 Å². The Kier molecular flexibility index (Phi) is 6.54. The van der Waals surface area contributed by atoms with E-state index in [4.69, 9.17) is 9.72 Å². The number of ether oxygens (including phenoxy) is 1. The zero-order chi connectivity index (χ0) is 20.3. The van der Waals surface area contributed by atoms with Crippen LogP contribution >= 0.6 is 0 Å². The summed E-state index contributed by atoms with van der Waals surface area (Å²) < 4.78 is 7.20. The van der Waals surface area contributed by atoms with Crippen LogP contribution < -0.4 is 10.1 Å². The number of carbonyl (C=O) groups is 1. The highest BCUT2D eigenvalue weighted by atomic mass is 16.5. The van der Waals surface area contributed by atoms with E-state index in [2.05, 4.69) is 29.2 Å². The number of pyridine rings is 1. The van der Waals surface area contributed by atoms with Gasteiger partial charge < -0.3 is 15.0 Å². The van der Waals surface area contributed by atoms with Gasteiger partial charge in [0, 0.05) is 31.7 Å². The number of methoxy groups -OCH3 is 1. The summed E-state index contributed by atoms with van der Waals surface area (Å²) in [5.74, 6) is 0.850. The van der Waals surface area contributed by atoms with Crippen molar-refractivity contribution in [1.29, 1.82) is 0 Å². The highest BCUT2D eigenvalue weighted by Crippen LogP contribution is 2.30. The Morgan fingerprint density at radius 1 is 1.32 bits per heavy atom. The van der Waals surface area contributed by atoms with Crippen molar-refractivity contribution < 1.29 is 9.53 Å². The highest BCUT2D eigenvalue weighted by Gasteiger charge is 2.25. The lowest BCUT2D eigenvalue weighted by Gasteiger charge is -2.34. The van der Waals surface area contributed by atoms with Gasteiger partial charge in [0.1, 0.15) is 0 Å². The van der Waals surface area contributed by atoms with Gasteiger partial charge in [-0.25, -0.2) is 9.67 Å². The molecule has 1 N–H and O–H groups in total. The predicted molar refractivity (Wildman–Crippen MR) is 111 cm³/mol. The molecule has 0 atom stereocenters. The number of carbonyl (C=O) groups excluding carboxylic acids is 1. The Bertz CT molecular complexity index is 839. The van der Waals surface area contributed by atoms with Gasteiger partial charge in [-0.05, 0) is 63.7 Å². The molecule has 3 heterocycles. The first-order valence-corrected chi connectivity index (χ1v) is 10.3. The fraction of sp³-hybridized carbons (Fsp3) is 0.667. The molecule has 0 saturated carbocycles. The average molecular weight is 388 g/mol. The van der Waals surface area contributed by atoms with Crippen molar-refractivity contribution >= 4 is 16.9 Å². The van der Waals surface area contributed by atoms with Crippen molar-refractivity contribution in [3.63, 3.8) is 0 Å². The van der Waals surface area contributed by atoms with Gasteiger partial charge >= 0.3 is 0 Å². The molecule has 1 amide bonds. The maximum atomic E-state index is 13.1. The number of aromatic nitrogens is 3. The van der Waals surface area contributed by atoms with Gasteiger partial charge in [-0.15, -0.1) is 5.10 Å². The van der Waals surface area contributed by atoms with Crippen LogP contribution in [0.25, 0.3) is 11.0 Å². The molecule has 1 fully saturated rings. The molecule has 0 radical (unpaired) electrons. The first-order valence-electron chi connectivity index (χ1n) is 10.3. The number of amides is 1. The van der Waals surface area contributed by atoms with Crippen molar-refractivity contribution in [2.24, 2.45) is 7.05 Å². The summed E-state index contributed by atoms with van der Waals surface area (Å²) in [6, 6.07) is 0.370.